The van der Waals surface area contributed by atoms with Gasteiger partial charge in [-0.15, -0.1) is 0 Å². The van der Waals surface area contributed by atoms with Crippen LogP contribution in [-0.2, 0) is 4.79 Å². The van der Waals surface area contributed by atoms with E-state index in [1.54, 1.807) is 6.08 Å². The first-order valence-corrected chi connectivity index (χ1v) is 4.93. The van der Waals surface area contributed by atoms with E-state index >= 15 is 0 Å². The number of carbonyl (C=O) groups excluding carboxylic acids is 1. The minimum Gasteiger partial charge on any atom is -0.211 e. The third-order valence-electron chi connectivity index (χ3n) is 2.28. The number of hydrogen-bond donors (Lipinski definition) is 0. The third-order valence-corrected chi connectivity index (χ3v) is 3.00. The second kappa shape index (κ2) is 3.44. The molecule has 1 aromatic rings. The second-order valence-corrected chi connectivity index (χ2v) is 4.01. The first-order chi connectivity index (χ1) is 6.33. The molecule has 1 aromatic carbocycles. The zero-order valence-corrected chi connectivity index (χ0v) is 8.49. The molecule has 0 amide bonds. The predicted molar refractivity (Wildman–Crippen MR) is 53.4 cm³/mol. The Morgan fingerprint density at radius 1 is 1.46 bits per heavy atom. The number of halogens is 1. The Bertz CT molecular complexity index is 371. The molecule has 0 N–H and O–H groups in total. The van der Waals surface area contributed by atoms with Gasteiger partial charge in [0.15, 0.2) is 0 Å². The van der Waals surface area contributed by atoms with Gasteiger partial charge in [-0.25, -0.2) is 9.79 Å². The minimum atomic E-state index is 0.163. The van der Waals surface area contributed by atoms with Crippen LogP contribution in [0.4, 0.5) is 0 Å². The van der Waals surface area contributed by atoms with Gasteiger partial charge in [-0.2, -0.15) is 0 Å². The van der Waals surface area contributed by atoms with Gasteiger partial charge in [-0.05, 0) is 18.1 Å². The van der Waals surface area contributed by atoms with Crippen LogP contribution in [0.5, 0.6) is 0 Å². The molecular weight excluding hydrogens is 230 g/mol. The van der Waals surface area contributed by atoms with Gasteiger partial charge in [0.1, 0.15) is 0 Å². The van der Waals surface area contributed by atoms with Crippen molar-refractivity contribution in [3.8, 4) is 0 Å². The second-order valence-electron chi connectivity index (χ2n) is 3.15. The monoisotopic (exact) mass is 237 g/mol. The van der Waals surface area contributed by atoms with Crippen molar-refractivity contribution in [3.63, 3.8) is 0 Å². The van der Waals surface area contributed by atoms with Crippen LogP contribution in [0.15, 0.2) is 33.7 Å². The highest BCUT2D eigenvalue weighted by molar-refractivity contribution is 9.10. The third kappa shape index (κ3) is 1.71. The summed E-state index contributed by atoms with van der Waals surface area (Å²) in [5.74, 6) is 0.414. The Kier molecular flexibility index (Phi) is 2.30. The highest BCUT2D eigenvalue weighted by Crippen LogP contribution is 2.45. The van der Waals surface area contributed by atoms with Crippen molar-refractivity contribution in [1.82, 2.24) is 0 Å². The summed E-state index contributed by atoms with van der Waals surface area (Å²) in [5.41, 5.74) is 1.24. The molecule has 13 heavy (non-hydrogen) atoms. The fourth-order valence-corrected chi connectivity index (χ4v) is 2.08. The van der Waals surface area contributed by atoms with Gasteiger partial charge >= 0.3 is 0 Å². The van der Waals surface area contributed by atoms with Crippen molar-refractivity contribution in [1.29, 1.82) is 0 Å². The molecule has 0 spiro atoms. The summed E-state index contributed by atoms with van der Waals surface area (Å²) in [7, 11) is 0. The summed E-state index contributed by atoms with van der Waals surface area (Å²) in [6, 6.07) is 8.22. The molecule has 1 saturated carbocycles. The summed E-state index contributed by atoms with van der Waals surface area (Å²) < 4.78 is 1.10. The maximum Gasteiger partial charge on any atom is 0.235 e. The van der Waals surface area contributed by atoms with E-state index in [2.05, 4.69) is 27.0 Å². The van der Waals surface area contributed by atoms with Gasteiger partial charge in [-0.1, -0.05) is 34.1 Å². The molecule has 2 nitrogen and oxygen atoms in total. The average Bonchev–Trinajstić information content (AvgIpc) is 2.86. The molecule has 0 heterocycles. The van der Waals surface area contributed by atoms with E-state index in [-0.39, 0.29) is 6.04 Å². The van der Waals surface area contributed by atoms with Crippen molar-refractivity contribution < 1.29 is 4.79 Å². The lowest BCUT2D eigenvalue weighted by molar-refractivity contribution is 0.562. The van der Waals surface area contributed by atoms with Crippen molar-refractivity contribution in [2.45, 2.75) is 18.4 Å². The van der Waals surface area contributed by atoms with E-state index in [0.29, 0.717) is 5.92 Å². The molecule has 0 radical (unpaired) electrons. The molecule has 1 aliphatic rings. The lowest BCUT2D eigenvalue weighted by Gasteiger charge is -1.99. The molecule has 0 unspecified atom stereocenters. The Labute approximate surface area is 84.8 Å². The highest BCUT2D eigenvalue weighted by atomic mass is 79.9. The number of nitrogens with zero attached hydrogens (tertiary/aromatic N) is 1. The zero-order chi connectivity index (χ0) is 9.26. The highest BCUT2D eigenvalue weighted by Gasteiger charge is 2.39. The van der Waals surface area contributed by atoms with Crippen LogP contribution < -0.4 is 0 Å². The molecule has 0 bridgehead atoms. The van der Waals surface area contributed by atoms with Gasteiger partial charge < -0.3 is 0 Å². The largest absolute Gasteiger partial charge is 0.235 e. The molecule has 1 fully saturated rings. The van der Waals surface area contributed by atoms with Gasteiger partial charge in [0.05, 0.1) is 6.04 Å². The van der Waals surface area contributed by atoms with Gasteiger partial charge in [0.25, 0.3) is 0 Å². The summed E-state index contributed by atoms with van der Waals surface area (Å²) >= 11 is 3.48. The van der Waals surface area contributed by atoms with Crippen molar-refractivity contribution in [2.75, 3.05) is 0 Å². The fraction of sp³-hybridized carbons (Fsp3) is 0.300. The van der Waals surface area contributed by atoms with E-state index in [0.717, 1.165) is 10.9 Å². The average molecular weight is 238 g/mol. The first-order valence-electron chi connectivity index (χ1n) is 4.14. The van der Waals surface area contributed by atoms with E-state index in [1.165, 1.54) is 5.56 Å². The minimum absolute atomic E-state index is 0.163. The Morgan fingerprint density at radius 3 is 2.92 bits per heavy atom. The number of isocyanates is 1. The molecule has 0 saturated heterocycles. The van der Waals surface area contributed by atoms with Crippen LogP contribution in [0.3, 0.4) is 0 Å². The molecular formula is C10H8BrNO. The first kappa shape index (κ1) is 8.67. The van der Waals surface area contributed by atoms with Crippen LogP contribution in [0.1, 0.15) is 17.9 Å². The van der Waals surface area contributed by atoms with E-state index in [9.17, 15) is 4.79 Å². The molecule has 2 rings (SSSR count). The molecule has 3 heteroatoms. The summed E-state index contributed by atoms with van der Waals surface area (Å²) in [4.78, 5) is 13.7. The van der Waals surface area contributed by atoms with Crippen molar-refractivity contribution >= 4 is 22.0 Å². The van der Waals surface area contributed by atoms with Crippen LogP contribution in [0.25, 0.3) is 0 Å². The standard InChI is InChI=1S/C10H8BrNO/c11-9-4-2-1-3-7(9)8-5-10(8)12-6-13/h1-4,8,10H,5H2/t8-,10-/m1/s1. The smallest absolute Gasteiger partial charge is 0.211 e. The molecule has 2 atom stereocenters. The summed E-state index contributed by atoms with van der Waals surface area (Å²) in [6.45, 7) is 0. The van der Waals surface area contributed by atoms with Crippen LogP contribution in [0.2, 0.25) is 0 Å². The Morgan fingerprint density at radius 2 is 2.23 bits per heavy atom. The predicted octanol–water partition coefficient (Wildman–Crippen LogP) is 2.64. The quantitative estimate of drug-likeness (QED) is 0.575. The van der Waals surface area contributed by atoms with Crippen LogP contribution in [-0.4, -0.2) is 12.1 Å². The molecule has 0 aromatic heterocycles. The summed E-state index contributed by atoms with van der Waals surface area (Å²) in [5, 5.41) is 0. The zero-order valence-electron chi connectivity index (χ0n) is 6.90. The van der Waals surface area contributed by atoms with E-state index in [4.69, 9.17) is 0 Å². The number of hydrogen-bond acceptors (Lipinski definition) is 2. The normalized spacial score (nSPS) is 25.0. The lowest BCUT2D eigenvalue weighted by Crippen LogP contribution is -1.85. The van der Waals surface area contributed by atoms with E-state index in [1.807, 2.05) is 18.2 Å². The number of rotatable bonds is 2. The lowest BCUT2D eigenvalue weighted by atomic mass is 10.1. The SMILES string of the molecule is O=C=N[C@@H]1C[C@@H]1c1ccccc1Br. The maximum atomic E-state index is 10.0. The summed E-state index contributed by atoms with van der Waals surface area (Å²) in [6.07, 6.45) is 2.58. The van der Waals surface area contributed by atoms with Gasteiger partial charge in [0, 0.05) is 10.4 Å². The van der Waals surface area contributed by atoms with E-state index < -0.39 is 0 Å². The Hall–Kier alpha value is -0.920. The fourth-order valence-electron chi connectivity index (χ4n) is 1.50. The molecule has 1 aliphatic carbocycles. The van der Waals surface area contributed by atoms with Crippen LogP contribution >= 0.6 is 15.9 Å². The van der Waals surface area contributed by atoms with Crippen LogP contribution in [0, 0.1) is 0 Å². The molecule has 66 valence electrons. The van der Waals surface area contributed by atoms with Gasteiger partial charge in [0.2, 0.25) is 6.08 Å². The maximum absolute atomic E-state index is 10.0. The topological polar surface area (TPSA) is 29.4 Å². The number of aliphatic imine (C=N–C) groups is 1. The van der Waals surface area contributed by atoms with Crippen molar-refractivity contribution in [3.05, 3.63) is 34.3 Å². The van der Waals surface area contributed by atoms with Gasteiger partial charge in [-0.3, -0.25) is 0 Å². The Balaban J connectivity index is 2.20. The number of benzene rings is 1. The molecule has 0 aliphatic heterocycles. The van der Waals surface area contributed by atoms with Crippen molar-refractivity contribution in [2.24, 2.45) is 4.99 Å².